The fraction of sp³-hybridized carbons (Fsp3) is 0.500. The number of nitrogens with one attached hydrogen (secondary N) is 1. The maximum atomic E-state index is 12.7. The third-order valence-electron chi connectivity index (χ3n) is 4.80. The van der Waals surface area contributed by atoms with Gasteiger partial charge in [-0.3, -0.25) is 0 Å². The highest BCUT2D eigenvalue weighted by Crippen LogP contribution is 2.29. The molecule has 0 radical (unpaired) electrons. The summed E-state index contributed by atoms with van der Waals surface area (Å²) in [5.41, 5.74) is 1.90. The van der Waals surface area contributed by atoms with E-state index in [1.807, 2.05) is 42.3 Å². The second kappa shape index (κ2) is 8.25. The van der Waals surface area contributed by atoms with Crippen LogP contribution >= 0.6 is 0 Å². The zero-order valence-corrected chi connectivity index (χ0v) is 15.9. The van der Waals surface area contributed by atoms with Gasteiger partial charge >= 0.3 is 6.03 Å². The molecule has 3 rings (SSSR count). The molecule has 1 N–H and O–H groups in total. The van der Waals surface area contributed by atoms with Gasteiger partial charge in [0.2, 0.25) is 0 Å². The highest BCUT2D eigenvalue weighted by atomic mass is 16.5. The maximum absolute atomic E-state index is 12.7. The van der Waals surface area contributed by atoms with Gasteiger partial charge in [-0.2, -0.15) is 0 Å². The number of ether oxygens (including phenoxy) is 1. The van der Waals surface area contributed by atoms with Crippen molar-refractivity contribution in [2.45, 2.75) is 46.1 Å². The number of urea groups is 1. The van der Waals surface area contributed by atoms with Crippen molar-refractivity contribution in [2.75, 3.05) is 25.0 Å². The molecule has 1 aromatic carbocycles. The standard InChI is InChI=1S/C20H28N4O2/c1-4-11-24-15(3)13-21-19(24)16-10-12-23(14-16)20(25)22-17-8-6-7-9-18(17)26-5-2/h6-9,13,16H,4-5,10-12,14H2,1-3H3,(H,22,25). The summed E-state index contributed by atoms with van der Waals surface area (Å²) in [6, 6.07) is 7.46. The van der Waals surface area contributed by atoms with Crippen LogP contribution in [0.2, 0.25) is 0 Å². The molecule has 1 unspecified atom stereocenters. The van der Waals surface area contributed by atoms with Gasteiger partial charge in [0.05, 0.1) is 12.3 Å². The van der Waals surface area contributed by atoms with E-state index in [0.717, 1.165) is 31.8 Å². The number of para-hydroxylation sites is 2. The molecule has 26 heavy (non-hydrogen) atoms. The van der Waals surface area contributed by atoms with Gasteiger partial charge in [-0.25, -0.2) is 9.78 Å². The topological polar surface area (TPSA) is 59.4 Å². The summed E-state index contributed by atoms with van der Waals surface area (Å²) in [6.45, 7) is 9.19. The Morgan fingerprint density at radius 3 is 2.92 bits per heavy atom. The quantitative estimate of drug-likeness (QED) is 0.850. The van der Waals surface area contributed by atoms with E-state index < -0.39 is 0 Å². The molecule has 2 heterocycles. The number of anilines is 1. The summed E-state index contributed by atoms with van der Waals surface area (Å²) in [5, 5.41) is 2.99. The van der Waals surface area contributed by atoms with Gasteiger partial charge in [0.1, 0.15) is 11.6 Å². The van der Waals surface area contributed by atoms with E-state index in [2.05, 4.69) is 28.7 Å². The number of carbonyl (C=O) groups excluding carboxylic acids is 1. The number of benzene rings is 1. The van der Waals surface area contributed by atoms with E-state index in [1.54, 1.807) is 0 Å². The molecule has 1 saturated heterocycles. The van der Waals surface area contributed by atoms with Crippen LogP contribution in [0.25, 0.3) is 0 Å². The van der Waals surface area contributed by atoms with Gasteiger partial charge in [-0.05, 0) is 38.8 Å². The van der Waals surface area contributed by atoms with E-state index in [1.165, 1.54) is 5.69 Å². The van der Waals surface area contributed by atoms with Crippen molar-refractivity contribution in [2.24, 2.45) is 0 Å². The predicted octanol–water partition coefficient (Wildman–Crippen LogP) is 4.02. The molecule has 140 valence electrons. The van der Waals surface area contributed by atoms with Crippen molar-refractivity contribution >= 4 is 11.7 Å². The lowest BCUT2D eigenvalue weighted by atomic mass is 10.1. The first-order chi connectivity index (χ1) is 12.6. The predicted molar refractivity (Wildman–Crippen MR) is 103 cm³/mol. The Morgan fingerprint density at radius 1 is 1.35 bits per heavy atom. The van der Waals surface area contributed by atoms with Crippen molar-refractivity contribution in [1.82, 2.24) is 14.5 Å². The number of imidazole rings is 1. The molecule has 1 aromatic heterocycles. The maximum Gasteiger partial charge on any atom is 0.321 e. The third kappa shape index (κ3) is 3.84. The smallest absolute Gasteiger partial charge is 0.321 e. The number of hydrogen-bond donors (Lipinski definition) is 1. The molecule has 0 bridgehead atoms. The monoisotopic (exact) mass is 356 g/mol. The molecule has 1 aliphatic rings. The molecule has 1 atom stereocenters. The SMILES string of the molecule is CCCn1c(C)cnc1C1CCN(C(=O)Nc2ccccc2OCC)C1. The Balaban J connectivity index is 1.67. The molecule has 2 aromatic rings. The average Bonchev–Trinajstić information content (AvgIpc) is 3.25. The Kier molecular flexibility index (Phi) is 5.81. The largest absolute Gasteiger partial charge is 0.492 e. The van der Waals surface area contributed by atoms with E-state index in [9.17, 15) is 4.79 Å². The van der Waals surface area contributed by atoms with Crippen molar-refractivity contribution in [3.05, 3.63) is 42.0 Å². The van der Waals surface area contributed by atoms with Gasteiger partial charge in [-0.1, -0.05) is 19.1 Å². The Bertz CT molecular complexity index is 756. The van der Waals surface area contributed by atoms with E-state index in [0.29, 0.717) is 30.5 Å². The molecule has 6 heteroatoms. The Labute approximate surface area is 155 Å². The number of nitrogens with zero attached hydrogens (tertiary/aromatic N) is 3. The fourth-order valence-corrected chi connectivity index (χ4v) is 3.52. The van der Waals surface area contributed by atoms with E-state index >= 15 is 0 Å². The van der Waals surface area contributed by atoms with Gasteiger partial charge in [-0.15, -0.1) is 0 Å². The van der Waals surface area contributed by atoms with Crippen LogP contribution in [-0.4, -0.2) is 40.2 Å². The van der Waals surface area contributed by atoms with Crippen LogP contribution in [0.15, 0.2) is 30.5 Å². The summed E-state index contributed by atoms with van der Waals surface area (Å²) in [5.74, 6) is 2.10. The van der Waals surface area contributed by atoms with Crippen LogP contribution in [0.3, 0.4) is 0 Å². The normalized spacial score (nSPS) is 16.7. The van der Waals surface area contributed by atoms with Crippen LogP contribution < -0.4 is 10.1 Å². The summed E-state index contributed by atoms with van der Waals surface area (Å²) < 4.78 is 7.88. The third-order valence-corrected chi connectivity index (χ3v) is 4.80. The van der Waals surface area contributed by atoms with Gasteiger partial charge < -0.3 is 19.5 Å². The molecule has 1 fully saturated rings. The number of aryl methyl sites for hydroxylation is 1. The Morgan fingerprint density at radius 2 is 2.15 bits per heavy atom. The second-order valence-corrected chi connectivity index (χ2v) is 6.70. The van der Waals surface area contributed by atoms with Gasteiger partial charge in [0, 0.05) is 37.4 Å². The highest BCUT2D eigenvalue weighted by molar-refractivity contribution is 5.91. The molecular formula is C20H28N4O2. The van der Waals surface area contributed by atoms with E-state index in [4.69, 9.17) is 4.74 Å². The van der Waals surface area contributed by atoms with Crippen molar-refractivity contribution < 1.29 is 9.53 Å². The molecule has 2 amide bonds. The van der Waals surface area contributed by atoms with Crippen molar-refractivity contribution in [3.8, 4) is 5.75 Å². The Hall–Kier alpha value is -2.50. The lowest BCUT2D eigenvalue weighted by Gasteiger charge is -2.19. The average molecular weight is 356 g/mol. The van der Waals surface area contributed by atoms with Crippen LogP contribution in [0.1, 0.15) is 44.1 Å². The zero-order chi connectivity index (χ0) is 18.5. The summed E-state index contributed by atoms with van der Waals surface area (Å²) >= 11 is 0. The first-order valence-corrected chi connectivity index (χ1v) is 9.43. The number of carbonyl (C=O) groups is 1. The minimum absolute atomic E-state index is 0.0787. The fourth-order valence-electron chi connectivity index (χ4n) is 3.52. The molecule has 0 saturated carbocycles. The number of likely N-dealkylation sites (tertiary alicyclic amines) is 1. The van der Waals surface area contributed by atoms with E-state index in [-0.39, 0.29) is 6.03 Å². The van der Waals surface area contributed by atoms with Gasteiger partial charge in [0.15, 0.2) is 0 Å². The molecule has 0 aliphatic carbocycles. The first-order valence-electron chi connectivity index (χ1n) is 9.43. The summed E-state index contributed by atoms with van der Waals surface area (Å²) in [6.07, 6.45) is 3.96. The second-order valence-electron chi connectivity index (χ2n) is 6.70. The summed E-state index contributed by atoms with van der Waals surface area (Å²) in [4.78, 5) is 19.2. The number of hydrogen-bond acceptors (Lipinski definition) is 3. The lowest BCUT2D eigenvalue weighted by molar-refractivity contribution is 0.221. The molecular weight excluding hydrogens is 328 g/mol. The molecule has 6 nitrogen and oxygen atoms in total. The molecule has 1 aliphatic heterocycles. The van der Waals surface area contributed by atoms with Crippen LogP contribution in [0.5, 0.6) is 5.75 Å². The van der Waals surface area contributed by atoms with Crippen LogP contribution in [0, 0.1) is 6.92 Å². The first kappa shape index (κ1) is 18.3. The minimum atomic E-state index is -0.0787. The zero-order valence-electron chi connectivity index (χ0n) is 15.9. The van der Waals surface area contributed by atoms with Crippen molar-refractivity contribution in [3.63, 3.8) is 0 Å². The summed E-state index contributed by atoms with van der Waals surface area (Å²) in [7, 11) is 0. The minimum Gasteiger partial charge on any atom is -0.492 e. The van der Waals surface area contributed by atoms with Crippen LogP contribution in [-0.2, 0) is 6.54 Å². The number of amides is 2. The number of rotatable bonds is 6. The van der Waals surface area contributed by atoms with Crippen molar-refractivity contribution in [1.29, 1.82) is 0 Å². The lowest BCUT2D eigenvalue weighted by Crippen LogP contribution is -2.33. The van der Waals surface area contributed by atoms with Crippen LogP contribution in [0.4, 0.5) is 10.5 Å². The number of aromatic nitrogens is 2. The highest BCUT2D eigenvalue weighted by Gasteiger charge is 2.30. The molecule has 0 spiro atoms. The van der Waals surface area contributed by atoms with Gasteiger partial charge in [0.25, 0.3) is 0 Å².